The van der Waals surface area contributed by atoms with Gasteiger partial charge in [0, 0.05) is 19.1 Å². The minimum Gasteiger partial charge on any atom is -0.338 e. The molecule has 0 radical (unpaired) electrons. The summed E-state index contributed by atoms with van der Waals surface area (Å²) in [5.41, 5.74) is 0. The lowest BCUT2D eigenvalue weighted by atomic mass is 10.2. The molecule has 0 aromatic heterocycles. The zero-order valence-corrected chi connectivity index (χ0v) is 12.0. The minimum absolute atomic E-state index is 0.249. The summed E-state index contributed by atoms with van der Waals surface area (Å²) in [6, 6.07) is 0.0713. The molecule has 1 rings (SSSR count). The number of imide groups is 1. The Hall–Kier alpha value is -1.14. The summed E-state index contributed by atoms with van der Waals surface area (Å²) in [4.78, 5) is 25.0. The number of nitrogens with zero attached hydrogens (tertiary/aromatic N) is 1. The first-order valence-electron chi connectivity index (χ1n) is 7.11. The quantitative estimate of drug-likeness (QED) is 0.582. The standard InChI is InChI=1S/C13H26N4O2/c1-3-4-7-15-13(19)16-12(18)10-17(2)9-11-6-5-8-14-11/h11,14H,3-10H2,1-2H3,(H2,15,16,18,19). The molecule has 1 unspecified atom stereocenters. The van der Waals surface area contributed by atoms with Crippen LogP contribution in [0.4, 0.5) is 4.79 Å². The molecule has 0 aromatic rings. The zero-order chi connectivity index (χ0) is 14.1. The molecule has 1 atom stereocenters. The number of likely N-dealkylation sites (N-methyl/N-ethyl adjacent to an activating group) is 1. The first-order valence-corrected chi connectivity index (χ1v) is 7.11. The summed E-state index contributed by atoms with van der Waals surface area (Å²) in [7, 11) is 1.90. The third-order valence-electron chi connectivity index (χ3n) is 3.18. The lowest BCUT2D eigenvalue weighted by Crippen LogP contribution is -2.45. The summed E-state index contributed by atoms with van der Waals surface area (Å²) < 4.78 is 0. The Balaban J connectivity index is 2.13. The van der Waals surface area contributed by atoms with Crippen LogP contribution in [0.1, 0.15) is 32.6 Å². The second-order valence-electron chi connectivity index (χ2n) is 5.15. The molecule has 1 fully saturated rings. The van der Waals surface area contributed by atoms with Gasteiger partial charge in [-0.05, 0) is 32.9 Å². The Morgan fingerprint density at radius 1 is 1.42 bits per heavy atom. The zero-order valence-electron chi connectivity index (χ0n) is 12.0. The van der Waals surface area contributed by atoms with Gasteiger partial charge < -0.3 is 10.6 Å². The molecule has 19 heavy (non-hydrogen) atoms. The van der Waals surface area contributed by atoms with Crippen LogP contribution < -0.4 is 16.0 Å². The average Bonchev–Trinajstić information content (AvgIpc) is 2.81. The highest BCUT2D eigenvalue weighted by molar-refractivity contribution is 5.95. The van der Waals surface area contributed by atoms with E-state index in [1.54, 1.807) is 0 Å². The molecule has 6 heteroatoms. The van der Waals surface area contributed by atoms with Gasteiger partial charge >= 0.3 is 6.03 Å². The van der Waals surface area contributed by atoms with Crippen LogP contribution in [0.3, 0.4) is 0 Å². The number of unbranched alkanes of at least 4 members (excludes halogenated alkanes) is 1. The largest absolute Gasteiger partial charge is 0.338 e. The lowest BCUT2D eigenvalue weighted by Gasteiger charge is -2.20. The van der Waals surface area contributed by atoms with Crippen molar-refractivity contribution in [2.24, 2.45) is 0 Å². The Bertz CT molecular complexity index is 290. The number of hydrogen-bond acceptors (Lipinski definition) is 4. The highest BCUT2D eigenvalue weighted by Gasteiger charge is 2.17. The van der Waals surface area contributed by atoms with Crippen LogP contribution in [0.15, 0.2) is 0 Å². The van der Waals surface area contributed by atoms with E-state index in [-0.39, 0.29) is 12.5 Å². The highest BCUT2D eigenvalue weighted by atomic mass is 16.2. The summed E-state index contributed by atoms with van der Waals surface area (Å²) in [6.07, 6.45) is 4.30. The van der Waals surface area contributed by atoms with Gasteiger partial charge in [0.25, 0.3) is 0 Å². The normalized spacial score (nSPS) is 18.6. The fourth-order valence-electron chi connectivity index (χ4n) is 2.19. The summed E-state index contributed by atoms with van der Waals surface area (Å²) in [6.45, 7) is 4.81. The van der Waals surface area contributed by atoms with Gasteiger partial charge in [-0.2, -0.15) is 0 Å². The fraction of sp³-hybridized carbons (Fsp3) is 0.846. The number of carbonyl (C=O) groups excluding carboxylic acids is 2. The van der Waals surface area contributed by atoms with Crippen LogP contribution in [0, 0.1) is 0 Å². The van der Waals surface area contributed by atoms with E-state index in [9.17, 15) is 9.59 Å². The van der Waals surface area contributed by atoms with E-state index in [1.165, 1.54) is 6.42 Å². The van der Waals surface area contributed by atoms with E-state index in [4.69, 9.17) is 0 Å². The van der Waals surface area contributed by atoms with Crippen molar-refractivity contribution in [3.8, 4) is 0 Å². The number of nitrogens with one attached hydrogen (secondary N) is 3. The van der Waals surface area contributed by atoms with E-state index in [2.05, 4.69) is 22.9 Å². The van der Waals surface area contributed by atoms with Crippen molar-refractivity contribution in [1.82, 2.24) is 20.9 Å². The molecule has 1 saturated heterocycles. The Morgan fingerprint density at radius 3 is 2.84 bits per heavy atom. The summed E-state index contributed by atoms with van der Waals surface area (Å²) >= 11 is 0. The summed E-state index contributed by atoms with van der Waals surface area (Å²) in [5.74, 6) is -0.255. The second kappa shape index (κ2) is 8.87. The monoisotopic (exact) mass is 270 g/mol. The molecule has 3 N–H and O–H groups in total. The van der Waals surface area contributed by atoms with Gasteiger partial charge in [-0.15, -0.1) is 0 Å². The smallest absolute Gasteiger partial charge is 0.321 e. The molecular formula is C13H26N4O2. The molecule has 0 aromatic carbocycles. The fourth-order valence-corrected chi connectivity index (χ4v) is 2.19. The van der Waals surface area contributed by atoms with Crippen molar-refractivity contribution in [2.45, 2.75) is 38.6 Å². The highest BCUT2D eigenvalue weighted by Crippen LogP contribution is 2.05. The van der Waals surface area contributed by atoms with Crippen molar-refractivity contribution in [2.75, 3.05) is 33.2 Å². The van der Waals surface area contributed by atoms with Gasteiger partial charge in [0.15, 0.2) is 0 Å². The van der Waals surface area contributed by atoms with Crippen molar-refractivity contribution >= 4 is 11.9 Å². The van der Waals surface area contributed by atoms with Crippen molar-refractivity contribution in [1.29, 1.82) is 0 Å². The molecule has 6 nitrogen and oxygen atoms in total. The number of rotatable bonds is 7. The maximum atomic E-state index is 11.6. The molecule has 0 bridgehead atoms. The summed E-state index contributed by atoms with van der Waals surface area (Å²) in [5, 5.41) is 8.39. The third-order valence-corrected chi connectivity index (χ3v) is 3.18. The van der Waals surface area contributed by atoms with Crippen LogP contribution in [0.2, 0.25) is 0 Å². The Labute approximate surface area is 115 Å². The van der Waals surface area contributed by atoms with Crippen LogP contribution in [-0.2, 0) is 4.79 Å². The predicted molar refractivity (Wildman–Crippen MR) is 75.0 cm³/mol. The molecule has 0 spiro atoms. The van der Waals surface area contributed by atoms with E-state index in [1.807, 2.05) is 11.9 Å². The Kier molecular flexibility index (Phi) is 7.43. The molecule has 3 amide bonds. The van der Waals surface area contributed by atoms with Gasteiger partial charge in [-0.1, -0.05) is 13.3 Å². The molecule has 1 aliphatic rings. The molecule has 0 aliphatic carbocycles. The van der Waals surface area contributed by atoms with E-state index < -0.39 is 6.03 Å². The van der Waals surface area contributed by atoms with Gasteiger partial charge in [0.2, 0.25) is 5.91 Å². The van der Waals surface area contributed by atoms with E-state index >= 15 is 0 Å². The first-order chi connectivity index (χ1) is 9.11. The number of urea groups is 1. The number of carbonyl (C=O) groups is 2. The van der Waals surface area contributed by atoms with Crippen molar-refractivity contribution in [3.05, 3.63) is 0 Å². The maximum Gasteiger partial charge on any atom is 0.321 e. The van der Waals surface area contributed by atoms with Crippen LogP contribution in [0.25, 0.3) is 0 Å². The van der Waals surface area contributed by atoms with Gasteiger partial charge in [-0.25, -0.2) is 4.79 Å². The van der Waals surface area contributed by atoms with Crippen LogP contribution >= 0.6 is 0 Å². The molecule has 0 saturated carbocycles. The predicted octanol–water partition coefficient (Wildman–Crippen LogP) is 0.296. The minimum atomic E-state index is -0.397. The number of hydrogen-bond donors (Lipinski definition) is 3. The molecule has 1 aliphatic heterocycles. The second-order valence-corrected chi connectivity index (χ2v) is 5.15. The van der Waals surface area contributed by atoms with Crippen molar-refractivity contribution in [3.63, 3.8) is 0 Å². The van der Waals surface area contributed by atoms with Gasteiger partial charge in [0.05, 0.1) is 6.54 Å². The molecule has 110 valence electrons. The molecule has 1 heterocycles. The maximum absolute atomic E-state index is 11.6. The Morgan fingerprint density at radius 2 is 2.21 bits per heavy atom. The average molecular weight is 270 g/mol. The van der Waals surface area contributed by atoms with Crippen LogP contribution in [-0.4, -0.2) is 56.1 Å². The van der Waals surface area contributed by atoms with E-state index in [0.29, 0.717) is 12.6 Å². The number of amides is 3. The lowest BCUT2D eigenvalue weighted by molar-refractivity contribution is -0.120. The van der Waals surface area contributed by atoms with E-state index in [0.717, 1.165) is 32.4 Å². The van der Waals surface area contributed by atoms with Crippen LogP contribution in [0.5, 0.6) is 0 Å². The first kappa shape index (κ1) is 15.9. The topological polar surface area (TPSA) is 73.5 Å². The third kappa shape index (κ3) is 7.12. The van der Waals surface area contributed by atoms with Gasteiger partial charge in [0.1, 0.15) is 0 Å². The van der Waals surface area contributed by atoms with Gasteiger partial charge in [-0.3, -0.25) is 15.0 Å². The SMILES string of the molecule is CCCCNC(=O)NC(=O)CN(C)CC1CCCN1. The van der Waals surface area contributed by atoms with Crippen molar-refractivity contribution < 1.29 is 9.59 Å². The molecular weight excluding hydrogens is 244 g/mol.